The third-order valence-corrected chi connectivity index (χ3v) is 5.15. The Morgan fingerprint density at radius 1 is 1.32 bits per heavy atom. The van der Waals surface area contributed by atoms with Gasteiger partial charge in [0, 0.05) is 5.75 Å². The molecule has 0 saturated carbocycles. The van der Waals surface area contributed by atoms with Crippen molar-refractivity contribution in [2.45, 2.75) is 30.5 Å². The molecule has 2 unspecified atom stereocenters. The average Bonchev–Trinajstić information content (AvgIpc) is 2.41. The van der Waals surface area contributed by atoms with Crippen LogP contribution in [0.3, 0.4) is 0 Å². The van der Waals surface area contributed by atoms with Gasteiger partial charge in [-0.2, -0.15) is 13.2 Å². The number of anilines is 1. The molecule has 0 heterocycles. The Hall–Kier alpha value is -0.830. The van der Waals surface area contributed by atoms with Crippen LogP contribution in [0.1, 0.15) is 13.8 Å². The van der Waals surface area contributed by atoms with Gasteiger partial charge in [0.15, 0.2) is 0 Å². The molecule has 0 bridgehead atoms. The van der Waals surface area contributed by atoms with E-state index in [-0.39, 0.29) is 26.4 Å². The monoisotopic (exact) mass is 377 g/mol. The van der Waals surface area contributed by atoms with Gasteiger partial charge in [0.05, 0.1) is 31.4 Å². The molecule has 0 aliphatic rings. The van der Waals surface area contributed by atoms with E-state index >= 15 is 0 Å². The number of halogens is 5. The highest BCUT2D eigenvalue weighted by Gasteiger charge is 2.55. The second-order valence-corrected chi connectivity index (χ2v) is 6.86. The van der Waals surface area contributed by atoms with E-state index in [1.54, 1.807) is 6.92 Å². The van der Waals surface area contributed by atoms with Crippen molar-refractivity contribution in [3.05, 3.63) is 22.2 Å². The third-order valence-electron chi connectivity index (χ3n) is 2.80. The Balaban J connectivity index is 3.14. The Bertz CT molecular complexity index is 620. The molecular weight excluding hydrogens is 366 g/mol. The first kappa shape index (κ1) is 19.2. The van der Waals surface area contributed by atoms with Gasteiger partial charge in [0.1, 0.15) is 0 Å². The van der Waals surface area contributed by atoms with Crippen molar-refractivity contribution in [3.8, 4) is 0 Å². The summed E-state index contributed by atoms with van der Waals surface area (Å²) < 4.78 is 49.4. The van der Waals surface area contributed by atoms with Gasteiger partial charge in [0.25, 0.3) is 5.91 Å². The largest absolute Gasteiger partial charge is 0.426 e. The van der Waals surface area contributed by atoms with Gasteiger partial charge in [-0.3, -0.25) is 9.00 Å². The van der Waals surface area contributed by atoms with E-state index in [9.17, 15) is 27.3 Å². The van der Waals surface area contributed by atoms with Gasteiger partial charge in [-0.15, -0.1) is 0 Å². The molecule has 2 N–H and O–H groups in total. The number of hydrogen-bond donors (Lipinski definition) is 2. The summed E-state index contributed by atoms with van der Waals surface area (Å²) in [4.78, 5) is 11.8. The molecule has 1 rings (SSSR count). The topological polar surface area (TPSA) is 66.4 Å². The number of nitrogens with one attached hydrogen (secondary N) is 1. The first-order valence-electron chi connectivity index (χ1n) is 5.90. The molecule has 0 spiro atoms. The number of alkyl halides is 3. The highest BCUT2D eigenvalue weighted by Crippen LogP contribution is 2.36. The number of rotatable bonds is 4. The molecule has 10 heteroatoms. The minimum atomic E-state index is -5.16. The maximum absolute atomic E-state index is 12.6. The predicted molar refractivity (Wildman–Crippen MR) is 78.7 cm³/mol. The molecule has 4 nitrogen and oxygen atoms in total. The maximum Gasteiger partial charge on any atom is 0.426 e. The molecule has 0 saturated heterocycles. The minimum Gasteiger partial charge on any atom is -0.373 e. The van der Waals surface area contributed by atoms with Gasteiger partial charge in [-0.05, 0) is 19.1 Å². The zero-order valence-corrected chi connectivity index (χ0v) is 13.8. The predicted octanol–water partition coefficient (Wildman–Crippen LogP) is 3.37. The molecule has 0 fully saturated rings. The number of carbonyl (C=O) groups excluding carboxylic acids is 1. The molecule has 1 aromatic carbocycles. The highest BCUT2D eigenvalue weighted by molar-refractivity contribution is 7.85. The number of benzene rings is 1. The Morgan fingerprint density at radius 2 is 1.86 bits per heavy atom. The fourth-order valence-electron chi connectivity index (χ4n) is 1.33. The molecule has 0 aromatic heterocycles. The standard InChI is InChI=1S/C12H12Cl2F3NO3S/c1-3-22(21)7-5-4-6(8(13)9(7)14)18-10(19)11(2,20)12(15,16)17/h4-5,20H,3H2,1-2H3,(H,18,19). The lowest BCUT2D eigenvalue weighted by atomic mass is 10.1. The van der Waals surface area contributed by atoms with Crippen molar-refractivity contribution in [3.63, 3.8) is 0 Å². The van der Waals surface area contributed by atoms with Crippen LogP contribution in [0.5, 0.6) is 0 Å². The molecule has 0 aliphatic carbocycles. The molecule has 1 aromatic rings. The summed E-state index contributed by atoms with van der Waals surface area (Å²) in [6, 6.07) is 2.45. The van der Waals surface area contributed by atoms with Crippen LogP contribution in [-0.4, -0.2) is 32.8 Å². The van der Waals surface area contributed by atoms with Gasteiger partial charge in [0.2, 0.25) is 5.60 Å². The van der Waals surface area contributed by atoms with Crippen LogP contribution in [0.15, 0.2) is 17.0 Å². The van der Waals surface area contributed by atoms with Crippen molar-refractivity contribution in [1.29, 1.82) is 0 Å². The zero-order chi connectivity index (χ0) is 17.3. The van der Waals surface area contributed by atoms with E-state index in [1.165, 1.54) is 12.1 Å². The fraction of sp³-hybridized carbons (Fsp3) is 0.417. The number of hydrogen-bond acceptors (Lipinski definition) is 3. The minimum absolute atomic E-state index is 0.133. The van der Waals surface area contributed by atoms with Gasteiger partial charge < -0.3 is 10.4 Å². The molecular formula is C12H12Cl2F3NO3S. The molecule has 0 radical (unpaired) electrons. The lowest BCUT2D eigenvalue weighted by molar-refractivity contribution is -0.242. The van der Waals surface area contributed by atoms with Crippen LogP contribution in [0.2, 0.25) is 10.0 Å². The van der Waals surface area contributed by atoms with Crippen LogP contribution < -0.4 is 5.32 Å². The lowest BCUT2D eigenvalue weighted by Gasteiger charge is -2.25. The molecule has 0 aliphatic heterocycles. The number of carbonyl (C=O) groups is 1. The van der Waals surface area contributed by atoms with Crippen LogP contribution in [0, 0.1) is 0 Å². The average molecular weight is 378 g/mol. The van der Waals surface area contributed by atoms with Crippen molar-refractivity contribution in [2.24, 2.45) is 0 Å². The summed E-state index contributed by atoms with van der Waals surface area (Å²) in [5.74, 6) is -1.44. The summed E-state index contributed by atoms with van der Waals surface area (Å²) in [5, 5.41) is 10.7. The van der Waals surface area contributed by atoms with Crippen molar-refractivity contribution in [1.82, 2.24) is 0 Å². The maximum atomic E-state index is 12.6. The van der Waals surface area contributed by atoms with E-state index < -0.39 is 28.5 Å². The summed E-state index contributed by atoms with van der Waals surface area (Å²) >= 11 is 11.8. The lowest BCUT2D eigenvalue weighted by Crippen LogP contribution is -2.52. The molecule has 2 atom stereocenters. The Kier molecular flexibility index (Phi) is 5.88. The molecule has 1 amide bonds. The van der Waals surface area contributed by atoms with Crippen LogP contribution in [0.4, 0.5) is 18.9 Å². The fourth-order valence-corrected chi connectivity index (χ4v) is 2.86. The van der Waals surface area contributed by atoms with Gasteiger partial charge in [-0.25, -0.2) is 0 Å². The normalized spacial score (nSPS) is 16.0. The highest BCUT2D eigenvalue weighted by atomic mass is 35.5. The summed E-state index contributed by atoms with van der Waals surface area (Å²) in [5.41, 5.74) is -3.81. The number of amides is 1. The van der Waals surface area contributed by atoms with Crippen molar-refractivity contribution in [2.75, 3.05) is 11.1 Å². The first-order valence-corrected chi connectivity index (χ1v) is 7.97. The second-order valence-electron chi connectivity index (χ2n) is 4.40. The Labute approximate surface area is 137 Å². The SMILES string of the molecule is CCS(=O)c1ccc(NC(=O)C(C)(O)C(F)(F)F)c(Cl)c1Cl. The van der Waals surface area contributed by atoms with E-state index in [0.29, 0.717) is 6.92 Å². The van der Waals surface area contributed by atoms with Gasteiger partial charge >= 0.3 is 6.18 Å². The van der Waals surface area contributed by atoms with Crippen molar-refractivity contribution < 1.29 is 27.3 Å². The van der Waals surface area contributed by atoms with Gasteiger partial charge in [-0.1, -0.05) is 30.1 Å². The summed E-state index contributed by atoms with van der Waals surface area (Å²) in [7, 11) is -1.42. The second kappa shape index (κ2) is 6.74. The number of aliphatic hydroxyl groups is 1. The summed E-state index contributed by atoms with van der Waals surface area (Å²) in [6.07, 6.45) is -5.16. The van der Waals surface area contributed by atoms with Crippen molar-refractivity contribution >= 4 is 45.6 Å². The van der Waals surface area contributed by atoms with Crippen LogP contribution in [0.25, 0.3) is 0 Å². The molecule has 22 heavy (non-hydrogen) atoms. The quantitative estimate of drug-likeness (QED) is 0.845. The van der Waals surface area contributed by atoms with E-state index in [4.69, 9.17) is 23.2 Å². The third kappa shape index (κ3) is 3.73. The zero-order valence-electron chi connectivity index (χ0n) is 11.4. The molecule has 124 valence electrons. The van der Waals surface area contributed by atoms with E-state index in [2.05, 4.69) is 0 Å². The Morgan fingerprint density at radius 3 is 2.32 bits per heavy atom. The first-order chi connectivity index (χ1) is 9.93. The van der Waals surface area contributed by atoms with E-state index in [0.717, 1.165) is 0 Å². The van der Waals surface area contributed by atoms with Crippen LogP contribution in [-0.2, 0) is 15.6 Å². The van der Waals surface area contributed by atoms with E-state index in [1.807, 2.05) is 5.32 Å². The summed E-state index contributed by atoms with van der Waals surface area (Å²) in [6.45, 7) is 1.97. The van der Waals surface area contributed by atoms with Crippen LogP contribution >= 0.6 is 23.2 Å². The smallest absolute Gasteiger partial charge is 0.373 e.